The Morgan fingerprint density at radius 3 is 2.59 bits per heavy atom. The second-order valence-corrected chi connectivity index (χ2v) is 8.15. The van der Waals surface area contributed by atoms with Crippen LogP contribution in [0.5, 0.6) is 0 Å². The van der Waals surface area contributed by atoms with E-state index in [0.29, 0.717) is 25.5 Å². The molecule has 1 atom stereocenters. The maximum atomic E-state index is 13.6. The number of halogens is 3. The smallest absolute Gasteiger partial charge is 0.383 e. The lowest BCUT2D eigenvalue weighted by Gasteiger charge is -2.41. The van der Waals surface area contributed by atoms with Crippen molar-refractivity contribution >= 4 is 17.4 Å². The van der Waals surface area contributed by atoms with Crippen molar-refractivity contribution in [3.05, 3.63) is 47.3 Å². The first-order valence-corrected chi connectivity index (χ1v) is 9.30. The number of rotatable bonds is 3. The Kier molecular flexibility index (Phi) is 5.53. The Morgan fingerprint density at radius 1 is 1.24 bits per heavy atom. The van der Waals surface area contributed by atoms with Crippen LogP contribution in [0.3, 0.4) is 0 Å². The highest BCUT2D eigenvalue weighted by molar-refractivity contribution is 6.11. The number of piperazine rings is 1. The quantitative estimate of drug-likeness (QED) is 0.761. The van der Waals surface area contributed by atoms with Crippen LogP contribution in [-0.2, 0) is 6.18 Å². The van der Waals surface area contributed by atoms with Gasteiger partial charge in [-0.2, -0.15) is 13.2 Å². The van der Waals surface area contributed by atoms with E-state index in [1.807, 2.05) is 4.90 Å². The highest BCUT2D eigenvalue weighted by Gasteiger charge is 2.38. The van der Waals surface area contributed by atoms with E-state index < -0.39 is 23.2 Å². The van der Waals surface area contributed by atoms with E-state index in [1.165, 1.54) is 24.4 Å². The van der Waals surface area contributed by atoms with E-state index in [-0.39, 0.29) is 22.8 Å². The minimum atomic E-state index is -4.72. The second kappa shape index (κ2) is 7.62. The lowest BCUT2D eigenvalue weighted by Crippen LogP contribution is -2.56. The molecule has 3 rings (SSSR count). The van der Waals surface area contributed by atoms with Gasteiger partial charge < -0.3 is 16.0 Å². The number of nitrogens with one attached hydrogen (secondary N) is 1. The van der Waals surface area contributed by atoms with Crippen molar-refractivity contribution in [2.24, 2.45) is 5.41 Å². The number of nitrogens with zero attached hydrogens (tertiary/aromatic N) is 3. The van der Waals surface area contributed by atoms with Crippen molar-refractivity contribution in [1.29, 1.82) is 0 Å². The summed E-state index contributed by atoms with van der Waals surface area (Å²) >= 11 is 0. The molecule has 1 aliphatic rings. The van der Waals surface area contributed by atoms with Gasteiger partial charge >= 0.3 is 6.18 Å². The van der Waals surface area contributed by atoms with Crippen LogP contribution in [0.15, 0.2) is 30.5 Å². The highest BCUT2D eigenvalue weighted by Crippen LogP contribution is 2.34. The van der Waals surface area contributed by atoms with E-state index in [4.69, 9.17) is 5.73 Å². The number of nitrogen functional groups attached to an aromatic ring is 1. The largest absolute Gasteiger partial charge is 0.418 e. The number of aromatic nitrogens is 2. The molecule has 29 heavy (non-hydrogen) atoms. The number of carbonyl (C=O) groups is 1. The molecule has 0 saturated carbocycles. The second-order valence-electron chi connectivity index (χ2n) is 8.15. The number of carbonyl (C=O) groups excluding carboxylic acids is 1. The molecule has 2 aromatic heterocycles. The minimum Gasteiger partial charge on any atom is -0.383 e. The van der Waals surface area contributed by atoms with Gasteiger partial charge in [-0.05, 0) is 29.7 Å². The Morgan fingerprint density at radius 2 is 1.97 bits per heavy atom. The lowest BCUT2D eigenvalue weighted by atomic mass is 9.85. The molecule has 6 nitrogen and oxygen atoms in total. The van der Waals surface area contributed by atoms with Crippen LogP contribution >= 0.6 is 0 Å². The molecule has 0 aliphatic carbocycles. The third-order valence-electron chi connectivity index (χ3n) is 5.03. The molecule has 3 heterocycles. The molecule has 0 spiro atoms. The summed E-state index contributed by atoms with van der Waals surface area (Å²) in [6.07, 6.45) is -3.35. The fraction of sp³-hybridized carbons (Fsp3) is 0.450. The van der Waals surface area contributed by atoms with E-state index >= 15 is 0 Å². The van der Waals surface area contributed by atoms with Gasteiger partial charge in [0.1, 0.15) is 17.3 Å². The van der Waals surface area contributed by atoms with Gasteiger partial charge in [-0.1, -0.05) is 20.8 Å². The van der Waals surface area contributed by atoms with Crippen molar-refractivity contribution in [2.75, 3.05) is 30.3 Å². The van der Waals surface area contributed by atoms with E-state index in [2.05, 4.69) is 36.1 Å². The Bertz CT molecular complexity index is 908. The van der Waals surface area contributed by atoms with Gasteiger partial charge in [-0.3, -0.25) is 4.79 Å². The van der Waals surface area contributed by atoms with Crippen LogP contribution in [0.2, 0.25) is 0 Å². The van der Waals surface area contributed by atoms with Crippen LogP contribution in [0, 0.1) is 5.41 Å². The standard InChI is InChI=1S/C20H24F3N5O/c1-19(2,3)14-11-28(10-9-25-14)15-7-6-13(20(21,22)23)16(27-15)17(29)12-5-4-8-26-18(12)24/h4-8,14,25H,9-11H2,1-3H3,(H2,24,26). The van der Waals surface area contributed by atoms with E-state index in [0.717, 1.165) is 6.07 Å². The fourth-order valence-corrected chi connectivity index (χ4v) is 3.30. The first-order valence-electron chi connectivity index (χ1n) is 9.30. The summed E-state index contributed by atoms with van der Waals surface area (Å²) in [5.74, 6) is -0.695. The number of hydrogen-bond acceptors (Lipinski definition) is 6. The Hall–Kier alpha value is -2.68. The first kappa shape index (κ1) is 21.0. The van der Waals surface area contributed by atoms with Crippen molar-refractivity contribution in [2.45, 2.75) is 33.0 Å². The average Bonchev–Trinajstić information content (AvgIpc) is 2.66. The molecular formula is C20H24F3N5O. The first-order chi connectivity index (χ1) is 13.5. The zero-order valence-electron chi connectivity index (χ0n) is 16.5. The number of hydrogen-bond donors (Lipinski definition) is 2. The molecule has 9 heteroatoms. The summed E-state index contributed by atoms with van der Waals surface area (Å²) in [6, 6.07) is 5.16. The average molecular weight is 407 g/mol. The van der Waals surface area contributed by atoms with Crippen LogP contribution in [-0.4, -0.2) is 41.4 Å². The number of anilines is 2. The van der Waals surface area contributed by atoms with E-state index in [1.54, 1.807) is 0 Å². The molecular weight excluding hydrogens is 383 g/mol. The van der Waals surface area contributed by atoms with Crippen molar-refractivity contribution in [3.8, 4) is 0 Å². The monoisotopic (exact) mass is 407 g/mol. The highest BCUT2D eigenvalue weighted by atomic mass is 19.4. The van der Waals surface area contributed by atoms with E-state index in [9.17, 15) is 18.0 Å². The molecule has 1 aliphatic heterocycles. The van der Waals surface area contributed by atoms with Gasteiger partial charge in [0.15, 0.2) is 0 Å². The van der Waals surface area contributed by atoms with Crippen molar-refractivity contribution in [1.82, 2.24) is 15.3 Å². The normalized spacial score (nSPS) is 18.0. The molecule has 0 bridgehead atoms. The number of pyridine rings is 2. The summed E-state index contributed by atoms with van der Waals surface area (Å²) in [6.45, 7) is 8.10. The lowest BCUT2D eigenvalue weighted by molar-refractivity contribution is -0.138. The van der Waals surface area contributed by atoms with Crippen LogP contribution in [0.4, 0.5) is 24.8 Å². The zero-order valence-corrected chi connectivity index (χ0v) is 16.5. The van der Waals surface area contributed by atoms with Gasteiger partial charge in [-0.15, -0.1) is 0 Å². The molecule has 1 fully saturated rings. The molecule has 0 radical (unpaired) electrons. The molecule has 3 N–H and O–H groups in total. The zero-order chi connectivity index (χ0) is 21.4. The molecule has 1 unspecified atom stereocenters. The predicted molar refractivity (Wildman–Crippen MR) is 105 cm³/mol. The fourth-order valence-electron chi connectivity index (χ4n) is 3.30. The SMILES string of the molecule is CC(C)(C)C1CN(c2ccc(C(F)(F)F)c(C(=O)c3cccnc3N)n2)CCN1. The van der Waals surface area contributed by atoms with Gasteiger partial charge in [0.2, 0.25) is 5.78 Å². The number of alkyl halides is 3. The Balaban J connectivity index is 2.03. The topological polar surface area (TPSA) is 84.1 Å². The van der Waals surface area contributed by atoms with Crippen molar-refractivity contribution < 1.29 is 18.0 Å². The summed E-state index contributed by atoms with van der Waals surface area (Å²) in [4.78, 5) is 22.7. The molecule has 1 saturated heterocycles. The molecule has 156 valence electrons. The third kappa shape index (κ3) is 4.50. The minimum absolute atomic E-state index is 0.0343. The number of nitrogens with two attached hydrogens (primary N) is 1. The third-order valence-corrected chi connectivity index (χ3v) is 5.03. The van der Waals surface area contributed by atoms with Crippen LogP contribution in [0.1, 0.15) is 42.4 Å². The summed E-state index contributed by atoms with van der Waals surface area (Å²) in [5, 5.41) is 3.42. The molecule has 0 amide bonds. The molecule has 0 aromatic carbocycles. The Labute approximate surface area is 167 Å². The van der Waals surface area contributed by atoms with Crippen molar-refractivity contribution in [3.63, 3.8) is 0 Å². The number of ketones is 1. The predicted octanol–water partition coefficient (Wildman–Crippen LogP) is 3.13. The van der Waals surface area contributed by atoms with Gasteiger partial charge in [-0.25, -0.2) is 9.97 Å². The van der Waals surface area contributed by atoms with Crippen LogP contribution < -0.4 is 16.0 Å². The maximum absolute atomic E-state index is 13.6. The summed E-state index contributed by atoms with van der Waals surface area (Å²) in [7, 11) is 0. The summed E-state index contributed by atoms with van der Waals surface area (Å²) in [5.41, 5.74) is 3.82. The maximum Gasteiger partial charge on any atom is 0.418 e. The molecule has 2 aromatic rings. The van der Waals surface area contributed by atoms with Gasteiger partial charge in [0.25, 0.3) is 0 Å². The van der Waals surface area contributed by atoms with Crippen LogP contribution in [0.25, 0.3) is 0 Å². The van der Waals surface area contributed by atoms with Gasteiger partial charge in [0, 0.05) is 31.9 Å². The van der Waals surface area contributed by atoms with Gasteiger partial charge in [0.05, 0.1) is 11.1 Å². The summed E-state index contributed by atoms with van der Waals surface area (Å²) < 4.78 is 40.7.